The van der Waals surface area contributed by atoms with Gasteiger partial charge in [-0.1, -0.05) is 0 Å². The van der Waals surface area contributed by atoms with Crippen molar-refractivity contribution in [2.75, 3.05) is 5.32 Å². The van der Waals surface area contributed by atoms with Gasteiger partial charge in [-0.2, -0.15) is 14.9 Å². The molecule has 2 N–H and O–H groups in total. The van der Waals surface area contributed by atoms with Crippen LogP contribution < -0.4 is 5.32 Å². The van der Waals surface area contributed by atoms with Crippen LogP contribution in [0.4, 0.5) is 5.82 Å². The molecule has 3 aromatic heterocycles. The number of aromatic amines is 1. The van der Waals surface area contributed by atoms with Gasteiger partial charge in [0.2, 0.25) is 0 Å². The molecule has 0 saturated carbocycles. The summed E-state index contributed by atoms with van der Waals surface area (Å²) >= 11 is 0. The molecule has 0 aromatic carbocycles. The number of nitrogens with one attached hydrogen (secondary N) is 2. The molecule has 0 aliphatic carbocycles. The van der Waals surface area contributed by atoms with Gasteiger partial charge in [-0.25, -0.2) is 9.97 Å². The zero-order valence-electron chi connectivity index (χ0n) is 10.9. The predicted octanol–water partition coefficient (Wildman–Crippen LogP) is 1.37. The summed E-state index contributed by atoms with van der Waals surface area (Å²) in [5.74, 6) is 0.809. The Hall–Kier alpha value is -2.88. The minimum absolute atomic E-state index is 0.191. The Morgan fingerprint density at radius 3 is 3.15 bits per heavy atom. The molecule has 7 nitrogen and oxygen atoms in total. The highest BCUT2D eigenvalue weighted by molar-refractivity contribution is 5.57. The van der Waals surface area contributed by atoms with E-state index >= 15 is 0 Å². The summed E-state index contributed by atoms with van der Waals surface area (Å²) in [6.07, 6.45) is 7.48. The smallest absolute Gasteiger partial charge is 0.175 e. The van der Waals surface area contributed by atoms with E-state index in [2.05, 4.69) is 38.4 Å². The molecule has 0 fully saturated rings. The number of H-pyrrole nitrogens is 1. The maximum Gasteiger partial charge on any atom is 0.175 e. The normalized spacial score (nSPS) is 12.2. The summed E-state index contributed by atoms with van der Waals surface area (Å²) < 4.78 is 1.64. The first-order valence-corrected chi connectivity index (χ1v) is 6.24. The largest absolute Gasteiger partial charge is 0.367 e. The van der Waals surface area contributed by atoms with Gasteiger partial charge < -0.3 is 10.3 Å². The van der Waals surface area contributed by atoms with Gasteiger partial charge in [-0.15, -0.1) is 0 Å². The molecule has 7 heteroatoms. The van der Waals surface area contributed by atoms with Crippen LogP contribution in [-0.4, -0.2) is 30.6 Å². The molecule has 1 atom stereocenters. The molecule has 0 aliphatic heterocycles. The topological polar surface area (TPSA) is 94.7 Å². The molecule has 0 radical (unpaired) electrons. The fraction of sp³-hybridized carbons (Fsp3) is 0.231. The molecule has 3 aromatic rings. The van der Waals surface area contributed by atoms with Crippen LogP contribution in [0, 0.1) is 11.3 Å². The van der Waals surface area contributed by atoms with Gasteiger partial charge in [0.05, 0.1) is 12.5 Å². The van der Waals surface area contributed by atoms with Gasteiger partial charge in [0, 0.05) is 30.6 Å². The summed E-state index contributed by atoms with van der Waals surface area (Å²) in [6.45, 7) is 2.07. The average molecular weight is 267 g/mol. The lowest BCUT2D eigenvalue weighted by molar-refractivity contribution is 0.758. The van der Waals surface area contributed by atoms with E-state index in [0.717, 1.165) is 17.9 Å². The lowest BCUT2D eigenvalue weighted by Crippen LogP contribution is -2.20. The van der Waals surface area contributed by atoms with Crippen LogP contribution in [0.25, 0.3) is 5.65 Å². The first-order valence-electron chi connectivity index (χ1n) is 6.24. The fourth-order valence-electron chi connectivity index (χ4n) is 2.11. The lowest BCUT2D eigenvalue weighted by Gasteiger charge is -2.14. The molecule has 0 amide bonds. The second kappa shape index (κ2) is 5.01. The van der Waals surface area contributed by atoms with E-state index in [4.69, 9.17) is 5.26 Å². The fourth-order valence-corrected chi connectivity index (χ4v) is 2.11. The zero-order valence-corrected chi connectivity index (χ0v) is 10.9. The van der Waals surface area contributed by atoms with E-state index in [9.17, 15) is 0 Å². The molecule has 3 heterocycles. The maximum absolute atomic E-state index is 8.99. The van der Waals surface area contributed by atoms with Crippen molar-refractivity contribution in [3.8, 4) is 6.07 Å². The third-order valence-electron chi connectivity index (χ3n) is 3.00. The Labute approximate surface area is 115 Å². The van der Waals surface area contributed by atoms with Crippen molar-refractivity contribution in [1.82, 2.24) is 24.6 Å². The molecule has 20 heavy (non-hydrogen) atoms. The third kappa shape index (κ3) is 2.19. The first-order chi connectivity index (χ1) is 9.78. The van der Waals surface area contributed by atoms with Crippen molar-refractivity contribution >= 4 is 11.5 Å². The van der Waals surface area contributed by atoms with Gasteiger partial charge in [0.25, 0.3) is 0 Å². The minimum atomic E-state index is 0.191. The molecule has 3 rings (SSSR count). The highest BCUT2D eigenvalue weighted by Crippen LogP contribution is 2.14. The number of rotatable bonds is 4. The number of imidazole rings is 1. The Kier molecular flexibility index (Phi) is 3.05. The number of nitriles is 1. The predicted molar refractivity (Wildman–Crippen MR) is 73.1 cm³/mol. The van der Waals surface area contributed by atoms with Gasteiger partial charge in [-0.05, 0) is 13.0 Å². The first kappa shape index (κ1) is 12.2. The van der Waals surface area contributed by atoms with Crippen LogP contribution in [-0.2, 0) is 6.42 Å². The molecular weight excluding hydrogens is 254 g/mol. The van der Waals surface area contributed by atoms with Crippen molar-refractivity contribution < 1.29 is 0 Å². The van der Waals surface area contributed by atoms with Crippen molar-refractivity contribution in [2.24, 2.45) is 0 Å². The summed E-state index contributed by atoms with van der Waals surface area (Å²) in [7, 11) is 0. The van der Waals surface area contributed by atoms with E-state index in [1.54, 1.807) is 17.0 Å². The summed E-state index contributed by atoms with van der Waals surface area (Å²) in [5.41, 5.74) is 2.09. The summed E-state index contributed by atoms with van der Waals surface area (Å²) in [4.78, 5) is 11.3. The van der Waals surface area contributed by atoms with Crippen molar-refractivity contribution in [1.29, 1.82) is 5.26 Å². The van der Waals surface area contributed by atoms with Crippen LogP contribution in [0.5, 0.6) is 0 Å². The zero-order chi connectivity index (χ0) is 13.9. The molecule has 0 spiro atoms. The SMILES string of the molecule is CC(Cc1cnc[nH]1)Nc1ccnc2c(C#N)cnn12. The van der Waals surface area contributed by atoms with Crippen LogP contribution in [0.3, 0.4) is 0 Å². The Morgan fingerprint density at radius 2 is 2.40 bits per heavy atom. The van der Waals surface area contributed by atoms with Gasteiger partial charge >= 0.3 is 0 Å². The monoisotopic (exact) mass is 267 g/mol. The van der Waals surface area contributed by atoms with Crippen LogP contribution in [0.1, 0.15) is 18.2 Å². The molecule has 0 aliphatic rings. The quantitative estimate of drug-likeness (QED) is 0.744. The number of fused-ring (bicyclic) bond motifs is 1. The van der Waals surface area contributed by atoms with Crippen molar-refractivity contribution in [2.45, 2.75) is 19.4 Å². The Bertz CT molecular complexity index is 751. The summed E-state index contributed by atoms with van der Waals surface area (Å²) in [6, 6.07) is 4.11. The number of anilines is 1. The molecule has 0 bridgehead atoms. The van der Waals surface area contributed by atoms with Crippen LogP contribution in [0.2, 0.25) is 0 Å². The van der Waals surface area contributed by atoms with E-state index < -0.39 is 0 Å². The van der Waals surface area contributed by atoms with E-state index in [1.165, 1.54) is 6.20 Å². The number of nitrogens with zero attached hydrogens (tertiary/aromatic N) is 5. The van der Waals surface area contributed by atoms with Crippen LogP contribution >= 0.6 is 0 Å². The second-order valence-corrected chi connectivity index (χ2v) is 4.56. The molecule has 100 valence electrons. The molecule has 1 unspecified atom stereocenters. The average Bonchev–Trinajstić information content (AvgIpc) is 3.07. The van der Waals surface area contributed by atoms with E-state index in [-0.39, 0.29) is 6.04 Å². The van der Waals surface area contributed by atoms with Crippen LogP contribution in [0.15, 0.2) is 31.0 Å². The highest BCUT2D eigenvalue weighted by Gasteiger charge is 2.10. The van der Waals surface area contributed by atoms with E-state index in [1.807, 2.05) is 12.3 Å². The Morgan fingerprint density at radius 1 is 1.50 bits per heavy atom. The number of hydrogen-bond acceptors (Lipinski definition) is 5. The molecule has 0 saturated heterocycles. The standard InChI is InChI=1S/C13H13N7/c1-9(4-11-7-15-8-17-11)19-12-2-3-16-13-10(5-14)6-18-20(12)13/h2-3,6-9,19H,4H2,1H3,(H,15,17). The lowest BCUT2D eigenvalue weighted by atomic mass is 10.2. The highest BCUT2D eigenvalue weighted by atomic mass is 15.3. The van der Waals surface area contributed by atoms with Crippen molar-refractivity contribution in [3.05, 3.63) is 42.2 Å². The third-order valence-corrected chi connectivity index (χ3v) is 3.00. The minimum Gasteiger partial charge on any atom is -0.367 e. The van der Waals surface area contributed by atoms with Crippen molar-refractivity contribution in [3.63, 3.8) is 0 Å². The van der Waals surface area contributed by atoms with Gasteiger partial charge in [0.1, 0.15) is 17.5 Å². The summed E-state index contributed by atoms with van der Waals surface area (Å²) in [5, 5.41) is 16.5. The Balaban J connectivity index is 1.84. The number of aromatic nitrogens is 5. The van der Waals surface area contributed by atoms with Gasteiger partial charge in [-0.3, -0.25) is 0 Å². The molecular formula is C13H13N7. The van der Waals surface area contributed by atoms with E-state index in [0.29, 0.717) is 11.2 Å². The maximum atomic E-state index is 8.99. The number of hydrogen-bond donors (Lipinski definition) is 2. The second-order valence-electron chi connectivity index (χ2n) is 4.56. The van der Waals surface area contributed by atoms with Gasteiger partial charge in [0.15, 0.2) is 5.65 Å².